The van der Waals surface area contributed by atoms with Crippen molar-refractivity contribution in [3.63, 3.8) is 0 Å². The van der Waals surface area contributed by atoms with Crippen LogP contribution in [0.5, 0.6) is 0 Å². The van der Waals surface area contributed by atoms with E-state index in [1.807, 2.05) is 20.8 Å². The quantitative estimate of drug-likeness (QED) is 0.815. The van der Waals surface area contributed by atoms with E-state index in [9.17, 15) is 9.59 Å². The Bertz CT molecular complexity index is 478. The number of rotatable bonds is 3. The van der Waals surface area contributed by atoms with Crippen LogP contribution in [0.4, 0.5) is 5.69 Å². The van der Waals surface area contributed by atoms with Gasteiger partial charge >= 0.3 is 5.97 Å². The van der Waals surface area contributed by atoms with E-state index in [1.165, 1.54) is 7.11 Å². The molecular weight excluding hydrogens is 244 g/mol. The molecule has 104 valence electrons. The highest BCUT2D eigenvalue weighted by atomic mass is 16.5. The van der Waals surface area contributed by atoms with Gasteiger partial charge in [0.05, 0.1) is 18.7 Å². The number of anilines is 1. The summed E-state index contributed by atoms with van der Waals surface area (Å²) in [6.45, 7) is 5.67. The molecule has 0 saturated heterocycles. The number of ether oxygens (including phenoxy) is 1. The fourth-order valence-electron chi connectivity index (χ4n) is 1.46. The van der Waals surface area contributed by atoms with Gasteiger partial charge in [-0.05, 0) is 23.6 Å². The van der Waals surface area contributed by atoms with Crippen molar-refractivity contribution in [3.8, 4) is 0 Å². The van der Waals surface area contributed by atoms with Crippen molar-refractivity contribution in [2.45, 2.75) is 26.8 Å². The Kier molecular flexibility index (Phi) is 4.67. The number of hydrogen-bond acceptors (Lipinski definition) is 4. The third-order valence-corrected chi connectivity index (χ3v) is 2.77. The SMILES string of the molecule is COC(=O)c1cccc(NC(=O)C(N)C(C)(C)C)c1. The molecule has 1 atom stereocenters. The lowest BCUT2D eigenvalue weighted by Crippen LogP contribution is -2.45. The van der Waals surface area contributed by atoms with Crippen LogP contribution in [0, 0.1) is 5.41 Å². The van der Waals surface area contributed by atoms with Gasteiger partial charge in [-0.15, -0.1) is 0 Å². The number of carbonyl (C=O) groups is 2. The topological polar surface area (TPSA) is 81.4 Å². The van der Waals surface area contributed by atoms with E-state index >= 15 is 0 Å². The lowest BCUT2D eigenvalue weighted by molar-refractivity contribution is -0.119. The number of nitrogens with two attached hydrogens (primary N) is 1. The summed E-state index contributed by atoms with van der Waals surface area (Å²) in [4.78, 5) is 23.3. The van der Waals surface area contributed by atoms with Crippen molar-refractivity contribution in [2.75, 3.05) is 12.4 Å². The second kappa shape index (κ2) is 5.84. The van der Waals surface area contributed by atoms with Crippen LogP contribution in [-0.4, -0.2) is 25.0 Å². The fraction of sp³-hybridized carbons (Fsp3) is 0.429. The third-order valence-electron chi connectivity index (χ3n) is 2.77. The van der Waals surface area contributed by atoms with Gasteiger partial charge in [-0.2, -0.15) is 0 Å². The number of carbonyl (C=O) groups excluding carboxylic acids is 2. The molecule has 19 heavy (non-hydrogen) atoms. The third kappa shape index (κ3) is 4.06. The highest BCUT2D eigenvalue weighted by molar-refractivity contribution is 5.97. The van der Waals surface area contributed by atoms with E-state index < -0.39 is 12.0 Å². The van der Waals surface area contributed by atoms with E-state index in [1.54, 1.807) is 24.3 Å². The molecule has 1 amide bonds. The molecule has 1 rings (SSSR count). The number of hydrogen-bond donors (Lipinski definition) is 2. The first-order valence-corrected chi connectivity index (χ1v) is 6.00. The van der Waals surface area contributed by atoms with Crippen LogP contribution < -0.4 is 11.1 Å². The van der Waals surface area contributed by atoms with Crippen molar-refractivity contribution in [3.05, 3.63) is 29.8 Å². The van der Waals surface area contributed by atoms with Gasteiger partial charge in [-0.3, -0.25) is 4.79 Å². The molecule has 0 fully saturated rings. The Morgan fingerprint density at radius 2 is 1.95 bits per heavy atom. The fourth-order valence-corrected chi connectivity index (χ4v) is 1.46. The first-order valence-electron chi connectivity index (χ1n) is 6.00. The van der Waals surface area contributed by atoms with Crippen LogP contribution in [0.1, 0.15) is 31.1 Å². The molecule has 0 spiro atoms. The summed E-state index contributed by atoms with van der Waals surface area (Å²) in [7, 11) is 1.31. The smallest absolute Gasteiger partial charge is 0.337 e. The minimum Gasteiger partial charge on any atom is -0.465 e. The lowest BCUT2D eigenvalue weighted by atomic mass is 9.87. The summed E-state index contributed by atoms with van der Waals surface area (Å²) in [6.07, 6.45) is 0. The predicted molar refractivity (Wildman–Crippen MR) is 73.8 cm³/mol. The number of benzene rings is 1. The van der Waals surface area contributed by atoms with Crippen molar-refractivity contribution in [2.24, 2.45) is 11.1 Å². The first-order chi connectivity index (χ1) is 8.75. The maximum absolute atomic E-state index is 12.0. The van der Waals surface area contributed by atoms with E-state index in [0.29, 0.717) is 11.3 Å². The highest BCUT2D eigenvalue weighted by Gasteiger charge is 2.27. The molecular formula is C14H20N2O3. The molecule has 0 aromatic heterocycles. The monoisotopic (exact) mass is 264 g/mol. The van der Waals surface area contributed by atoms with Crippen molar-refractivity contribution < 1.29 is 14.3 Å². The minimum absolute atomic E-state index is 0.283. The second-order valence-corrected chi connectivity index (χ2v) is 5.41. The number of esters is 1. The van der Waals surface area contributed by atoms with Gasteiger partial charge in [-0.1, -0.05) is 26.8 Å². The van der Waals surface area contributed by atoms with Gasteiger partial charge in [0.1, 0.15) is 0 Å². The maximum Gasteiger partial charge on any atom is 0.337 e. The molecule has 5 nitrogen and oxygen atoms in total. The summed E-state index contributed by atoms with van der Waals surface area (Å²) in [5.74, 6) is -0.731. The van der Waals surface area contributed by atoms with Gasteiger partial charge < -0.3 is 15.8 Å². The van der Waals surface area contributed by atoms with Gasteiger partial charge in [0, 0.05) is 5.69 Å². The summed E-state index contributed by atoms with van der Waals surface area (Å²) in [5.41, 5.74) is 6.43. The molecule has 1 unspecified atom stereocenters. The molecule has 0 radical (unpaired) electrons. The van der Waals surface area contributed by atoms with Gasteiger partial charge in [0.15, 0.2) is 0 Å². The van der Waals surface area contributed by atoms with Crippen LogP contribution in [0.2, 0.25) is 0 Å². The molecule has 0 heterocycles. The number of amides is 1. The number of methoxy groups -OCH3 is 1. The zero-order valence-corrected chi connectivity index (χ0v) is 11.7. The van der Waals surface area contributed by atoms with Crippen molar-refractivity contribution in [1.82, 2.24) is 0 Å². The standard InChI is InChI=1S/C14H20N2O3/c1-14(2,3)11(15)12(17)16-10-7-5-6-9(8-10)13(18)19-4/h5-8,11H,15H2,1-4H3,(H,16,17). The Balaban J connectivity index is 2.83. The van der Waals surface area contributed by atoms with Crippen LogP contribution in [0.3, 0.4) is 0 Å². The first kappa shape index (κ1) is 15.2. The van der Waals surface area contributed by atoms with E-state index in [-0.39, 0.29) is 11.3 Å². The molecule has 0 aliphatic heterocycles. The van der Waals surface area contributed by atoms with Crippen molar-refractivity contribution in [1.29, 1.82) is 0 Å². The molecule has 0 aliphatic rings. The minimum atomic E-state index is -0.630. The summed E-state index contributed by atoms with van der Waals surface area (Å²) >= 11 is 0. The zero-order valence-electron chi connectivity index (χ0n) is 11.7. The number of nitrogens with one attached hydrogen (secondary N) is 1. The normalized spacial score (nSPS) is 12.7. The van der Waals surface area contributed by atoms with Crippen LogP contribution in [0.15, 0.2) is 24.3 Å². The Hall–Kier alpha value is -1.88. The summed E-state index contributed by atoms with van der Waals surface area (Å²) < 4.78 is 4.62. The van der Waals surface area contributed by atoms with E-state index in [0.717, 1.165) is 0 Å². The van der Waals surface area contributed by atoms with Crippen LogP contribution in [0.25, 0.3) is 0 Å². The molecule has 0 aliphatic carbocycles. The van der Waals surface area contributed by atoms with E-state index in [4.69, 9.17) is 5.73 Å². The molecule has 0 saturated carbocycles. The molecule has 1 aromatic carbocycles. The average Bonchev–Trinajstić information content (AvgIpc) is 2.36. The lowest BCUT2D eigenvalue weighted by Gasteiger charge is -2.25. The molecule has 1 aromatic rings. The zero-order chi connectivity index (χ0) is 14.6. The second-order valence-electron chi connectivity index (χ2n) is 5.41. The van der Waals surface area contributed by atoms with Crippen molar-refractivity contribution >= 4 is 17.6 Å². The summed E-state index contributed by atoms with van der Waals surface area (Å²) in [5, 5.41) is 2.70. The molecule has 5 heteroatoms. The average molecular weight is 264 g/mol. The maximum atomic E-state index is 12.0. The van der Waals surface area contributed by atoms with Gasteiger partial charge in [0.2, 0.25) is 5.91 Å². The Morgan fingerprint density at radius 1 is 1.32 bits per heavy atom. The van der Waals surface area contributed by atoms with E-state index in [2.05, 4.69) is 10.1 Å². The Labute approximate surface area is 113 Å². The molecule has 3 N–H and O–H groups in total. The highest BCUT2D eigenvalue weighted by Crippen LogP contribution is 2.19. The predicted octanol–water partition coefficient (Wildman–Crippen LogP) is 1.79. The van der Waals surface area contributed by atoms with Crippen LogP contribution >= 0.6 is 0 Å². The van der Waals surface area contributed by atoms with Gasteiger partial charge in [0.25, 0.3) is 0 Å². The van der Waals surface area contributed by atoms with Crippen LogP contribution in [-0.2, 0) is 9.53 Å². The van der Waals surface area contributed by atoms with Gasteiger partial charge in [-0.25, -0.2) is 4.79 Å². The summed E-state index contributed by atoms with van der Waals surface area (Å²) in [6, 6.07) is 5.91. The molecule has 0 bridgehead atoms. The largest absolute Gasteiger partial charge is 0.465 e. The Morgan fingerprint density at radius 3 is 2.47 bits per heavy atom.